The van der Waals surface area contributed by atoms with Crippen molar-refractivity contribution < 1.29 is 14.3 Å². The van der Waals surface area contributed by atoms with E-state index < -0.39 is 0 Å². The molecule has 0 aliphatic rings. The summed E-state index contributed by atoms with van der Waals surface area (Å²) in [6.45, 7) is 4.54. The maximum absolute atomic E-state index is 13.3. The number of carbonyl (C=O) groups is 1. The van der Waals surface area contributed by atoms with Crippen molar-refractivity contribution >= 4 is 29.1 Å². The van der Waals surface area contributed by atoms with Gasteiger partial charge in [0.15, 0.2) is 11.5 Å². The van der Waals surface area contributed by atoms with Crippen LogP contribution in [-0.2, 0) is 6.42 Å². The number of nitrogens with zero attached hydrogens (tertiary/aromatic N) is 2. The van der Waals surface area contributed by atoms with Crippen LogP contribution in [0.3, 0.4) is 0 Å². The molecule has 0 unspecified atom stereocenters. The fraction of sp³-hybridized carbons (Fsp3) is 0.214. The molecule has 0 saturated heterocycles. The third kappa shape index (κ3) is 5.50. The van der Waals surface area contributed by atoms with Crippen molar-refractivity contribution in [2.75, 3.05) is 20.8 Å². The molecule has 4 rings (SSSR count). The Bertz CT molecular complexity index is 1420. The van der Waals surface area contributed by atoms with E-state index in [2.05, 4.69) is 25.2 Å². The van der Waals surface area contributed by atoms with Gasteiger partial charge in [-0.05, 0) is 79.4 Å². The molecule has 36 heavy (non-hydrogen) atoms. The van der Waals surface area contributed by atoms with Crippen LogP contribution in [0.4, 0.5) is 0 Å². The first kappa shape index (κ1) is 25.6. The summed E-state index contributed by atoms with van der Waals surface area (Å²) in [5.74, 6) is 1.07. The molecule has 1 amide bonds. The average molecular weight is 524 g/mol. The van der Waals surface area contributed by atoms with Gasteiger partial charge in [-0.25, -0.2) is 4.68 Å². The van der Waals surface area contributed by atoms with E-state index in [4.69, 9.17) is 37.8 Å². The third-order valence-corrected chi connectivity index (χ3v) is 6.78. The molecule has 0 aliphatic carbocycles. The molecule has 0 saturated carbocycles. The van der Waals surface area contributed by atoms with Crippen LogP contribution in [0, 0.1) is 13.8 Å². The van der Waals surface area contributed by atoms with Crippen LogP contribution in [-0.4, -0.2) is 36.5 Å². The van der Waals surface area contributed by atoms with Gasteiger partial charge in [0.1, 0.15) is 5.69 Å². The largest absolute Gasteiger partial charge is 0.493 e. The fourth-order valence-electron chi connectivity index (χ4n) is 3.85. The highest BCUT2D eigenvalue weighted by Gasteiger charge is 2.18. The zero-order valence-electron chi connectivity index (χ0n) is 20.6. The number of ether oxygens (including phenoxy) is 2. The predicted octanol–water partition coefficient (Wildman–Crippen LogP) is 6.45. The second kappa shape index (κ2) is 11.1. The molecule has 1 heterocycles. The number of aromatic nitrogens is 2. The summed E-state index contributed by atoms with van der Waals surface area (Å²) in [5.41, 5.74) is 6.01. The number of hydrogen-bond acceptors (Lipinski definition) is 4. The van der Waals surface area contributed by atoms with Gasteiger partial charge in [0.05, 0.1) is 35.6 Å². The van der Waals surface area contributed by atoms with Crippen molar-refractivity contribution in [2.24, 2.45) is 0 Å². The molecule has 1 aromatic heterocycles. The van der Waals surface area contributed by atoms with E-state index in [9.17, 15) is 4.79 Å². The van der Waals surface area contributed by atoms with E-state index in [0.717, 1.165) is 16.7 Å². The molecule has 3 aromatic carbocycles. The van der Waals surface area contributed by atoms with E-state index in [-0.39, 0.29) is 5.91 Å². The van der Waals surface area contributed by atoms with Crippen LogP contribution in [0.1, 0.15) is 27.2 Å². The molecule has 1 N–H and O–H groups in total. The lowest BCUT2D eigenvalue weighted by molar-refractivity contribution is 0.0946. The van der Waals surface area contributed by atoms with Gasteiger partial charge in [0, 0.05) is 12.1 Å². The Hall–Kier alpha value is -3.48. The third-order valence-electron chi connectivity index (χ3n) is 6.04. The Labute approximate surface area is 220 Å². The Morgan fingerprint density at radius 1 is 0.889 bits per heavy atom. The van der Waals surface area contributed by atoms with E-state index in [1.165, 1.54) is 5.56 Å². The topological polar surface area (TPSA) is 65.4 Å². The van der Waals surface area contributed by atoms with Crippen LogP contribution in [0.25, 0.3) is 16.9 Å². The van der Waals surface area contributed by atoms with Gasteiger partial charge >= 0.3 is 0 Å². The number of nitrogens with one attached hydrogen (secondary N) is 1. The van der Waals surface area contributed by atoms with Gasteiger partial charge in [-0.1, -0.05) is 41.4 Å². The van der Waals surface area contributed by atoms with Crippen LogP contribution in [0.2, 0.25) is 10.0 Å². The first-order valence-electron chi connectivity index (χ1n) is 11.4. The maximum Gasteiger partial charge on any atom is 0.270 e. The monoisotopic (exact) mass is 523 g/mol. The van der Waals surface area contributed by atoms with Gasteiger partial charge in [0.25, 0.3) is 5.91 Å². The SMILES string of the molecule is COc1ccc(CCNC(=O)c2cc(-c3ccc(C)c(C)c3)nn2-c2ccc(Cl)c(Cl)c2)cc1OC. The van der Waals surface area contributed by atoms with E-state index in [1.54, 1.807) is 43.2 Å². The van der Waals surface area contributed by atoms with E-state index in [0.29, 0.717) is 51.6 Å². The van der Waals surface area contributed by atoms with Crippen molar-refractivity contribution in [2.45, 2.75) is 20.3 Å². The highest BCUT2D eigenvalue weighted by molar-refractivity contribution is 6.42. The summed E-state index contributed by atoms with van der Waals surface area (Å²) < 4.78 is 12.3. The number of benzene rings is 3. The second-order valence-electron chi connectivity index (χ2n) is 8.42. The zero-order chi connectivity index (χ0) is 25.8. The summed E-state index contributed by atoms with van der Waals surface area (Å²) in [7, 11) is 3.20. The van der Waals surface area contributed by atoms with Crippen molar-refractivity contribution in [1.82, 2.24) is 15.1 Å². The highest BCUT2D eigenvalue weighted by Crippen LogP contribution is 2.29. The first-order valence-corrected chi connectivity index (χ1v) is 12.2. The van der Waals surface area contributed by atoms with E-state index in [1.807, 2.05) is 30.3 Å². The second-order valence-corrected chi connectivity index (χ2v) is 9.23. The first-order chi connectivity index (χ1) is 17.3. The van der Waals surface area contributed by atoms with Crippen LogP contribution >= 0.6 is 23.2 Å². The number of carbonyl (C=O) groups excluding carboxylic acids is 1. The molecule has 0 spiro atoms. The quantitative estimate of drug-likeness (QED) is 0.288. The average Bonchev–Trinajstić information content (AvgIpc) is 3.33. The number of amides is 1. The molecular weight excluding hydrogens is 497 g/mol. The molecule has 186 valence electrons. The van der Waals surface area contributed by atoms with Crippen LogP contribution in [0.5, 0.6) is 11.5 Å². The molecule has 0 aliphatic heterocycles. The van der Waals surface area contributed by atoms with Crippen LogP contribution in [0.15, 0.2) is 60.7 Å². The minimum Gasteiger partial charge on any atom is -0.493 e. The summed E-state index contributed by atoms with van der Waals surface area (Å²) in [6.07, 6.45) is 0.622. The number of methoxy groups -OCH3 is 2. The number of halogens is 2. The van der Waals surface area contributed by atoms with Gasteiger partial charge < -0.3 is 14.8 Å². The Kier molecular flexibility index (Phi) is 7.87. The summed E-state index contributed by atoms with van der Waals surface area (Å²) in [6, 6.07) is 18.8. The Morgan fingerprint density at radius 3 is 2.36 bits per heavy atom. The van der Waals surface area contributed by atoms with Crippen molar-refractivity contribution in [3.05, 3.63) is 93.1 Å². The van der Waals surface area contributed by atoms with Crippen LogP contribution < -0.4 is 14.8 Å². The lowest BCUT2D eigenvalue weighted by atomic mass is 10.0. The smallest absolute Gasteiger partial charge is 0.270 e. The minimum atomic E-state index is -0.246. The fourth-order valence-corrected chi connectivity index (χ4v) is 4.14. The lowest BCUT2D eigenvalue weighted by Crippen LogP contribution is -2.27. The lowest BCUT2D eigenvalue weighted by Gasteiger charge is -2.11. The van der Waals surface area contributed by atoms with Gasteiger partial charge in [-0.2, -0.15) is 5.10 Å². The van der Waals surface area contributed by atoms with Gasteiger partial charge in [-0.3, -0.25) is 4.79 Å². The molecule has 0 fully saturated rings. The molecular formula is C28H27Cl2N3O3. The Morgan fingerprint density at radius 2 is 1.67 bits per heavy atom. The minimum absolute atomic E-state index is 0.246. The summed E-state index contributed by atoms with van der Waals surface area (Å²) in [4.78, 5) is 13.3. The Balaban J connectivity index is 1.61. The number of rotatable bonds is 8. The highest BCUT2D eigenvalue weighted by atomic mass is 35.5. The number of aryl methyl sites for hydroxylation is 2. The van der Waals surface area contributed by atoms with Gasteiger partial charge in [-0.15, -0.1) is 0 Å². The summed E-state index contributed by atoms with van der Waals surface area (Å²) >= 11 is 12.4. The molecule has 8 heteroatoms. The molecule has 0 atom stereocenters. The predicted molar refractivity (Wildman–Crippen MR) is 144 cm³/mol. The molecule has 4 aromatic rings. The molecule has 0 bridgehead atoms. The molecule has 0 radical (unpaired) electrons. The summed E-state index contributed by atoms with van der Waals surface area (Å²) in [5, 5.41) is 8.57. The maximum atomic E-state index is 13.3. The normalized spacial score (nSPS) is 10.8. The van der Waals surface area contributed by atoms with Crippen molar-refractivity contribution in [3.8, 4) is 28.4 Å². The van der Waals surface area contributed by atoms with E-state index >= 15 is 0 Å². The standard InChI is InChI=1S/C28H27Cl2N3O3/c1-17-5-7-20(13-18(17)2)24-16-25(33(32-24)21-8-9-22(29)23(30)15-21)28(34)31-12-11-19-6-10-26(35-3)27(14-19)36-4/h5-10,13-16H,11-12H2,1-4H3,(H,31,34). The van der Waals surface area contributed by atoms with Gasteiger partial charge in [0.2, 0.25) is 0 Å². The van der Waals surface area contributed by atoms with Crippen molar-refractivity contribution in [1.29, 1.82) is 0 Å². The van der Waals surface area contributed by atoms with Crippen molar-refractivity contribution in [3.63, 3.8) is 0 Å². The zero-order valence-corrected chi connectivity index (χ0v) is 22.1. The molecule has 6 nitrogen and oxygen atoms in total. The number of hydrogen-bond donors (Lipinski definition) is 1.